The van der Waals surface area contributed by atoms with E-state index >= 15 is 0 Å². The Morgan fingerprint density at radius 3 is 2.39 bits per heavy atom. The Morgan fingerprint density at radius 1 is 1.04 bits per heavy atom. The number of carbonyl (C=O) groups excluding carboxylic acids is 2. The minimum Gasteiger partial charge on any atom is -0.465 e. The van der Waals surface area contributed by atoms with E-state index in [0.717, 1.165) is 24.3 Å². The van der Waals surface area contributed by atoms with Crippen LogP contribution in [0.3, 0.4) is 0 Å². The number of nitrogens with zero attached hydrogens (tertiary/aromatic N) is 3. The summed E-state index contributed by atoms with van der Waals surface area (Å²) in [5.41, 5.74) is 1.35. The summed E-state index contributed by atoms with van der Waals surface area (Å²) < 4.78 is 5.99. The Morgan fingerprint density at radius 2 is 1.71 bits per heavy atom. The zero-order chi connectivity index (χ0) is 19.9. The summed E-state index contributed by atoms with van der Waals surface area (Å²) in [4.78, 5) is 31.8. The first-order valence-electron chi connectivity index (χ1n) is 9.57. The molecule has 0 aromatic heterocycles. The zero-order valence-electron chi connectivity index (χ0n) is 16.5. The molecule has 1 saturated heterocycles. The number of fused-ring (bicyclic) bond motifs is 1. The minimum absolute atomic E-state index is 0.275. The maximum Gasteiger partial charge on any atom is 0.280 e. The molecule has 0 spiro atoms. The SMILES string of the molecule is Cc1ccc2c(c1)N(C)C(=O)C(C)(C(=O)N1CCN(c3ccccc3)CC1)O2. The largest absolute Gasteiger partial charge is 0.465 e. The smallest absolute Gasteiger partial charge is 0.280 e. The van der Waals surface area contributed by atoms with Crippen LogP contribution in [0.1, 0.15) is 12.5 Å². The maximum absolute atomic E-state index is 13.3. The van der Waals surface area contributed by atoms with Crippen molar-refractivity contribution in [3.8, 4) is 5.75 Å². The average molecular weight is 379 g/mol. The van der Waals surface area contributed by atoms with Gasteiger partial charge in [-0.1, -0.05) is 24.3 Å². The van der Waals surface area contributed by atoms with Crippen molar-refractivity contribution in [3.63, 3.8) is 0 Å². The van der Waals surface area contributed by atoms with Crippen LogP contribution >= 0.6 is 0 Å². The van der Waals surface area contributed by atoms with Crippen molar-refractivity contribution in [3.05, 3.63) is 54.1 Å². The standard InChI is InChI=1S/C22H25N3O3/c1-16-9-10-19-18(15-16)23(3)20(26)22(2,28-19)21(27)25-13-11-24(12-14-25)17-7-5-4-6-8-17/h4-10,15H,11-14H2,1-3H3. The normalized spacial score (nSPS) is 22.0. The predicted octanol–water partition coefficient (Wildman–Crippen LogP) is 2.46. The number of hydrogen-bond acceptors (Lipinski definition) is 4. The van der Waals surface area contributed by atoms with Gasteiger partial charge in [0, 0.05) is 38.9 Å². The van der Waals surface area contributed by atoms with E-state index in [-0.39, 0.29) is 11.8 Å². The molecule has 0 saturated carbocycles. The van der Waals surface area contributed by atoms with Crippen molar-refractivity contribution >= 4 is 23.2 Å². The third-order valence-corrected chi connectivity index (χ3v) is 5.60. The molecule has 2 aromatic carbocycles. The number of rotatable bonds is 2. The highest BCUT2D eigenvalue weighted by Gasteiger charge is 2.51. The van der Waals surface area contributed by atoms with Crippen LogP contribution in [0.15, 0.2) is 48.5 Å². The van der Waals surface area contributed by atoms with Crippen LogP contribution in [0.4, 0.5) is 11.4 Å². The summed E-state index contributed by atoms with van der Waals surface area (Å²) in [6.45, 7) is 6.12. The number of benzene rings is 2. The summed E-state index contributed by atoms with van der Waals surface area (Å²) in [5, 5.41) is 0. The van der Waals surface area contributed by atoms with Crippen molar-refractivity contribution < 1.29 is 14.3 Å². The molecule has 2 aliphatic heterocycles. The third-order valence-electron chi connectivity index (χ3n) is 5.60. The quantitative estimate of drug-likeness (QED) is 0.753. The number of ether oxygens (including phenoxy) is 1. The molecule has 28 heavy (non-hydrogen) atoms. The van der Waals surface area contributed by atoms with E-state index in [1.807, 2.05) is 43.3 Å². The van der Waals surface area contributed by atoms with Gasteiger partial charge in [-0.25, -0.2) is 0 Å². The molecule has 2 aromatic rings. The molecular formula is C22H25N3O3. The van der Waals surface area contributed by atoms with Crippen LogP contribution in [-0.4, -0.2) is 55.5 Å². The number of likely N-dealkylation sites (N-methyl/N-ethyl adjacent to an activating group) is 1. The van der Waals surface area contributed by atoms with E-state index in [4.69, 9.17) is 4.74 Å². The highest BCUT2D eigenvalue weighted by molar-refractivity contribution is 6.16. The molecule has 1 atom stereocenters. The summed E-state index contributed by atoms with van der Waals surface area (Å²) in [6.07, 6.45) is 0. The molecule has 6 heteroatoms. The molecule has 146 valence electrons. The first-order chi connectivity index (χ1) is 13.4. The Labute approximate surface area is 165 Å². The number of para-hydroxylation sites is 1. The van der Waals surface area contributed by atoms with E-state index < -0.39 is 5.60 Å². The minimum atomic E-state index is -1.54. The van der Waals surface area contributed by atoms with Crippen LogP contribution in [0.5, 0.6) is 5.75 Å². The molecule has 2 amide bonds. The summed E-state index contributed by atoms with van der Waals surface area (Å²) in [5.74, 6) is -0.0455. The summed E-state index contributed by atoms with van der Waals surface area (Å²) in [6, 6.07) is 15.8. The van der Waals surface area contributed by atoms with Gasteiger partial charge in [0.05, 0.1) is 5.69 Å². The first-order valence-corrected chi connectivity index (χ1v) is 9.57. The summed E-state index contributed by atoms with van der Waals surface area (Å²) >= 11 is 0. The van der Waals surface area contributed by atoms with Crippen LogP contribution < -0.4 is 14.5 Å². The highest BCUT2D eigenvalue weighted by atomic mass is 16.5. The van der Waals surface area contributed by atoms with Gasteiger partial charge in [-0.15, -0.1) is 0 Å². The second-order valence-electron chi connectivity index (χ2n) is 7.59. The van der Waals surface area contributed by atoms with Crippen LogP contribution in [0.25, 0.3) is 0 Å². The van der Waals surface area contributed by atoms with Gasteiger partial charge in [-0.05, 0) is 43.7 Å². The van der Waals surface area contributed by atoms with Gasteiger partial charge in [0.2, 0.25) is 0 Å². The molecule has 1 unspecified atom stereocenters. The predicted molar refractivity (Wildman–Crippen MR) is 109 cm³/mol. The Bertz CT molecular complexity index is 906. The van der Waals surface area contributed by atoms with Crippen LogP contribution in [-0.2, 0) is 9.59 Å². The number of hydrogen-bond donors (Lipinski definition) is 0. The van der Waals surface area contributed by atoms with E-state index in [1.54, 1.807) is 18.9 Å². The number of carbonyl (C=O) groups is 2. The highest BCUT2D eigenvalue weighted by Crippen LogP contribution is 2.38. The Balaban J connectivity index is 1.52. The average Bonchev–Trinajstić information content (AvgIpc) is 2.73. The fraction of sp³-hybridized carbons (Fsp3) is 0.364. The van der Waals surface area contributed by atoms with Crippen molar-refractivity contribution in [1.82, 2.24) is 4.90 Å². The van der Waals surface area contributed by atoms with Crippen molar-refractivity contribution in [2.75, 3.05) is 43.0 Å². The van der Waals surface area contributed by atoms with Crippen molar-refractivity contribution in [2.24, 2.45) is 0 Å². The fourth-order valence-corrected chi connectivity index (χ4v) is 3.91. The van der Waals surface area contributed by atoms with E-state index in [9.17, 15) is 9.59 Å². The first kappa shape index (κ1) is 18.3. The lowest BCUT2D eigenvalue weighted by Crippen LogP contribution is -2.64. The second-order valence-corrected chi connectivity index (χ2v) is 7.59. The molecule has 6 nitrogen and oxygen atoms in total. The van der Waals surface area contributed by atoms with Gasteiger partial charge in [-0.2, -0.15) is 0 Å². The summed E-state index contributed by atoms with van der Waals surface area (Å²) in [7, 11) is 1.70. The molecule has 0 N–H and O–H groups in total. The molecule has 2 heterocycles. The third kappa shape index (κ3) is 2.99. The molecule has 0 bridgehead atoms. The lowest BCUT2D eigenvalue weighted by Gasteiger charge is -2.43. The topological polar surface area (TPSA) is 53.1 Å². The maximum atomic E-state index is 13.3. The molecule has 4 rings (SSSR count). The molecule has 2 aliphatic rings. The van der Waals surface area contributed by atoms with Gasteiger partial charge in [-0.3, -0.25) is 9.59 Å². The second kappa shape index (κ2) is 6.86. The van der Waals surface area contributed by atoms with E-state index in [0.29, 0.717) is 24.5 Å². The van der Waals surface area contributed by atoms with Gasteiger partial charge >= 0.3 is 0 Å². The molecule has 0 aliphatic carbocycles. The fourth-order valence-electron chi connectivity index (χ4n) is 3.91. The molecule has 1 fully saturated rings. The van der Waals surface area contributed by atoms with E-state index in [1.165, 1.54) is 4.90 Å². The van der Waals surface area contributed by atoms with Crippen LogP contribution in [0.2, 0.25) is 0 Å². The lowest BCUT2D eigenvalue weighted by molar-refractivity contribution is -0.156. The van der Waals surface area contributed by atoms with E-state index in [2.05, 4.69) is 17.0 Å². The van der Waals surface area contributed by atoms with Crippen molar-refractivity contribution in [2.45, 2.75) is 19.4 Å². The van der Waals surface area contributed by atoms with Crippen LogP contribution in [0, 0.1) is 6.92 Å². The lowest BCUT2D eigenvalue weighted by atomic mass is 9.98. The Hall–Kier alpha value is -3.02. The number of anilines is 2. The van der Waals surface area contributed by atoms with Gasteiger partial charge in [0.25, 0.3) is 17.4 Å². The number of aryl methyl sites for hydroxylation is 1. The molecule has 0 radical (unpaired) electrons. The monoisotopic (exact) mass is 379 g/mol. The van der Waals surface area contributed by atoms with Gasteiger partial charge in [0.1, 0.15) is 5.75 Å². The van der Waals surface area contributed by atoms with Crippen molar-refractivity contribution in [1.29, 1.82) is 0 Å². The van der Waals surface area contributed by atoms with Gasteiger partial charge < -0.3 is 19.4 Å². The number of piperazine rings is 1. The zero-order valence-corrected chi connectivity index (χ0v) is 16.5. The van der Waals surface area contributed by atoms with Gasteiger partial charge in [0.15, 0.2) is 0 Å². The molecular weight excluding hydrogens is 354 g/mol. The Kier molecular flexibility index (Phi) is 4.49. The number of amides is 2.